The lowest BCUT2D eigenvalue weighted by molar-refractivity contribution is -0.199. The lowest BCUT2D eigenvalue weighted by Crippen LogP contribution is -2.51. The molecule has 2 saturated heterocycles. The van der Waals surface area contributed by atoms with Crippen LogP contribution in [0.1, 0.15) is 38.5 Å². The molecule has 2 aliphatic rings. The van der Waals surface area contributed by atoms with E-state index in [1.807, 2.05) is 0 Å². The van der Waals surface area contributed by atoms with Crippen LogP contribution < -0.4 is 0 Å². The molecule has 0 unspecified atom stereocenters. The molecule has 0 saturated carbocycles. The number of imide groups is 2. The van der Waals surface area contributed by atoms with E-state index in [1.54, 1.807) is 11.8 Å². The minimum atomic E-state index is -1.11. The largest absolute Gasteiger partial charge is 0.335 e. The van der Waals surface area contributed by atoms with E-state index in [4.69, 9.17) is 12.8 Å². The summed E-state index contributed by atoms with van der Waals surface area (Å²) < 4.78 is 0. The average Bonchev–Trinajstić information content (AvgIpc) is 3.30. The lowest BCUT2D eigenvalue weighted by Gasteiger charge is -2.31. The quantitative estimate of drug-likeness (QED) is 0.214. The Morgan fingerprint density at radius 2 is 0.971 bits per heavy atom. The molecule has 2 heterocycles. The van der Waals surface area contributed by atoms with Crippen LogP contribution in [-0.2, 0) is 48.0 Å². The van der Waals surface area contributed by atoms with Gasteiger partial charge in [-0.1, -0.05) is 0 Å². The smallest absolute Gasteiger partial charge is 0.330 e. The van der Waals surface area contributed by atoms with Gasteiger partial charge in [-0.05, 0) is 11.8 Å². The highest BCUT2D eigenvalue weighted by molar-refractivity contribution is 6.02. The summed E-state index contributed by atoms with van der Waals surface area (Å²) in [6, 6.07) is 0. The van der Waals surface area contributed by atoms with Crippen LogP contribution in [0, 0.1) is 24.7 Å². The Bertz CT molecular complexity index is 923. The fourth-order valence-electron chi connectivity index (χ4n) is 2.82. The van der Waals surface area contributed by atoms with Crippen molar-refractivity contribution in [3.05, 3.63) is 0 Å². The van der Waals surface area contributed by atoms with Crippen molar-refractivity contribution in [2.24, 2.45) is 0 Å². The van der Waals surface area contributed by atoms with Crippen LogP contribution in [0.4, 0.5) is 0 Å². The van der Waals surface area contributed by atoms with Gasteiger partial charge in [0.25, 0.3) is 23.6 Å². The summed E-state index contributed by atoms with van der Waals surface area (Å²) in [5, 5.41) is 1.79. The summed E-state index contributed by atoms with van der Waals surface area (Å²) in [6.07, 6.45) is 8.50. The van der Waals surface area contributed by atoms with Crippen LogP contribution in [0.5, 0.6) is 0 Å². The number of hydroxylamine groups is 4. The fourth-order valence-corrected chi connectivity index (χ4v) is 2.82. The molecule has 0 aromatic carbocycles. The Hall–Kier alpha value is -4.72. The summed E-state index contributed by atoms with van der Waals surface area (Å²) in [4.78, 5) is 104. The second-order valence-electron chi connectivity index (χ2n) is 6.74. The van der Waals surface area contributed by atoms with E-state index in [-0.39, 0.29) is 25.7 Å². The molecular weight excluding hydrogens is 456 g/mol. The van der Waals surface area contributed by atoms with Crippen molar-refractivity contribution in [1.29, 1.82) is 0 Å². The molecule has 178 valence electrons. The Balaban J connectivity index is 2.03. The maximum absolute atomic E-state index is 12.2. The average molecular weight is 474 g/mol. The van der Waals surface area contributed by atoms with Gasteiger partial charge >= 0.3 is 23.8 Å². The van der Waals surface area contributed by atoms with Gasteiger partial charge in [-0.2, -0.15) is 0 Å². The molecule has 0 aromatic rings. The van der Waals surface area contributed by atoms with E-state index in [0.717, 1.165) is 0 Å². The van der Waals surface area contributed by atoms with Crippen LogP contribution in [-0.4, -0.2) is 80.6 Å². The highest BCUT2D eigenvalue weighted by atomic mass is 16.7. The van der Waals surface area contributed by atoms with Crippen LogP contribution in [0.3, 0.4) is 0 Å². The number of carbonyl (C=O) groups is 8. The summed E-state index contributed by atoms with van der Waals surface area (Å²) >= 11 is 0. The van der Waals surface area contributed by atoms with Crippen LogP contribution >= 0.6 is 0 Å². The molecule has 34 heavy (non-hydrogen) atoms. The molecule has 6 amide bonds. The zero-order chi connectivity index (χ0) is 25.4. The monoisotopic (exact) mass is 474 g/mol. The number of amides is 6. The Labute approximate surface area is 192 Å². The lowest BCUT2D eigenvalue weighted by atomic mass is 10.3. The zero-order valence-corrected chi connectivity index (χ0v) is 17.7. The predicted molar refractivity (Wildman–Crippen MR) is 105 cm³/mol. The van der Waals surface area contributed by atoms with Crippen molar-refractivity contribution >= 4 is 47.4 Å². The number of carbonyl (C=O) groups excluding carboxylic acids is 8. The van der Waals surface area contributed by atoms with Crippen LogP contribution in [0.2, 0.25) is 0 Å². The molecule has 14 heteroatoms. The molecule has 0 N–H and O–H groups in total. The van der Waals surface area contributed by atoms with Gasteiger partial charge in [-0.3, -0.25) is 28.8 Å². The maximum Gasteiger partial charge on any atom is 0.335 e. The summed E-state index contributed by atoms with van der Waals surface area (Å²) in [5.74, 6) is -3.78. The fraction of sp³-hybridized carbons (Fsp3) is 0.400. The second kappa shape index (κ2) is 11.2. The van der Waals surface area contributed by atoms with E-state index in [0.29, 0.717) is 20.1 Å². The number of hydrogen-bond acceptors (Lipinski definition) is 10. The number of nitrogens with zero attached hydrogens (tertiary/aromatic N) is 4. The molecule has 0 atom stereocenters. The first-order valence-corrected chi connectivity index (χ1v) is 9.78. The zero-order valence-electron chi connectivity index (χ0n) is 17.7. The van der Waals surface area contributed by atoms with Crippen LogP contribution in [0.25, 0.3) is 0 Å². The van der Waals surface area contributed by atoms with Crippen molar-refractivity contribution in [2.45, 2.75) is 38.5 Å². The van der Waals surface area contributed by atoms with E-state index >= 15 is 0 Å². The standard InChI is InChI=1S/C20H18N4O10/c1-3-13(25)21(11-9-19(31)33-23-15(27)5-6-16(23)28)22(14(26)4-2)12-10-20(32)34-24-17(29)7-8-18(24)30/h1-2H,5-12H2. The predicted octanol–water partition coefficient (Wildman–Crippen LogP) is -2.18. The molecule has 0 spiro atoms. The van der Waals surface area contributed by atoms with E-state index in [2.05, 4.69) is 9.68 Å². The number of terminal acetylenes is 2. The molecule has 0 bridgehead atoms. The van der Waals surface area contributed by atoms with Gasteiger partial charge in [-0.25, -0.2) is 19.6 Å². The Morgan fingerprint density at radius 3 is 1.24 bits per heavy atom. The number of hydrazine groups is 1. The second-order valence-corrected chi connectivity index (χ2v) is 6.74. The molecule has 2 rings (SSSR count). The molecular formula is C20H18N4O10. The summed E-state index contributed by atoms with van der Waals surface area (Å²) in [6.45, 7) is -1.13. The third-order valence-corrected chi connectivity index (χ3v) is 4.46. The highest BCUT2D eigenvalue weighted by Gasteiger charge is 2.35. The van der Waals surface area contributed by atoms with Crippen LogP contribution in [0.15, 0.2) is 0 Å². The third-order valence-electron chi connectivity index (χ3n) is 4.46. The molecule has 0 radical (unpaired) electrons. The first-order valence-electron chi connectivity index (χ1n) is 9.78. The van der Waals surface area contributed by atoms with Gasteiger partial charge < -0.3 is 9.68 Å². The van der Waals surface area contributed by atoms with E-state index in [9.17, 15) is 38.4 Å². The van der Waals surface area contributed by atoms with E-state index in [1.165, 1.54) is 0 Å². The van der Waals surface area contributed by atoms with Crippen molar-refractivity contribution in [3.63, 3.8) is 0 Å². The Kier molecular flexibility index (Phi) is 8.44. The first kappa shape index (κ1) is 25.5. The minimum Gasteiger partial charge on any atom is -0.330 e. The third kappa shape index (κ3) is 6.17. The summed E-state index contributed by atoms with van der Waals surface area (Å²) in [7, 11) is 0. The van der Waals surface area contributed by atoms with Crippen molar-refractivity contribution < 1.29 is 48.0 Å². The number of rotatable bonds is 8. The summed E-state index contributed by atoms with van der Waals surface area (Å²) in [5.41, 5.74) is 0. The maximum atomic E-state index is 12.2. The van der Waals surface area contributed by atoms with Gasteiger partial charge in [0.1, 0.15) is 0 Å². The van der Waals surface area contributed by atoms with Crippen molar-refractivity contribution in [1.82, 2.24) is 20.1 Å². The highest BCUT2D eigenvalue weighted by Crippen LogP contribution is 2.14. The van der Waals surface area contributed by atoms with Gasteiger partial charge in [0.15, 0.2) is 0 Å². The van der Waals surface area contributed by atoms with Gasteiger partial charge in [0.2, 0.25) is 0 Å². The normalized spacial score (nSPS) is 15.0. The molecule has 2 fully saturated rings. The minimum absolute atomic E-state index is 0.122. The van der Waals surface area contributed by atoms with Gasteiger partial charge in [-0.15, -0.1) is 23.0 Å². The molecule has 2 aliphatic heterocycles. The first-order chi connectivity index (χ1) is 16.1. The van der Waals surface area contributed by atoms with Gasteiger partial charge in [0, 0.05) is 25.7 Å². The van der Waals surface area contributed by atoms with Gasteiger partial charge in [0.05, 0.1) is 25.9 Å². The Morgan fingerprint density at radius 1 is 0.676 bits per heavy atom. The topological polar surface area (TPSA) is 168 Å². The van der Waals surface area contributed by atoms with E-state index < -0.39 is 73.3 Å². The SMILES string of the molecule is C#CC(=O)N(CCC(=O)ON1C(=O)CCC1=O)N(CCC(=O)ON1C(=O)CCC1=O)C(=O)C#C. The molecule has 14 nitrogen and oxygen atoms in total. The molecule has 0 aliphatic carbocycles. The number of hydrogen-bond donors (Lipinski definition) is 0. The van der Waals surface area contributed by atoms with Crippen molar-refractivity contribution in [2.75, 3.05) is 13.1 Å². The van der Waals surface area contributed by atoms with Crippen molar-refractivity contribution in [3.8, 4) is 24.7 Å². The molecule has 0 aromatic heterocycles.